The second kappa shape index (κ2) is 5.01. The molecular formula is C12H19NO. The number of rotatable bonds is 4. The van der Waals surface area contributed by atoms with Crippen LogP contribution in [-0.4, -0.2) is 13.2 Å². The van der Waals surface area contributed by atoms with Gasteiger partial charge in [0.2, 0.25) is 0 Å². The van der Waals surface area contributed by atoms with Gasteiger partial charge in [0.1, 0.15) is 5.75 Å². The average Bonchev–Trinajstić information content (AvgIpc) is 2.19. The van der Waals surface area contributed by atoms with Gasteiger partial charge in [-0.15, -0.1) is 0 Å². The number of hydrogen-bond donors (Lipinski definition) is 1. The van der Waals surface area contributed by atoms with Crippen molar-refractivity contribution in [1.82, 2.24) is 0 Å². The lowest BCUT2D eigenvalue weighted by Crippen LogP contribution is -2.24. The van der Waals surface area contributed by atoms with Crippen LogP contribution >= 0.6 is 0 Å². The Kier molecular flexibility index (Phi) is 3.96. The SMILES string of the molecule is CCC(c1ccc(OC)cc1)C(C)N. The molecule has 78 valence electrons. The Labute approximate surface area is 86.1 Å². The molecule has 1 aromatic rings. The summed E-state index contributed by atoms with van der Waals surface area (Å²) in [5.74, 6) is 1.34. The van der Waals surface area contributed by atoms with Crippen LogP contribution in [0.1, 0.15) is 31.7 Å². The van der Waals surface area contributed by atoms with Crippen LogP contribution in [0.15, 0.2) is 24.3 Å². The van der Waals surface area contributed by atoms with E-state index in [9.17, 15) is 0 Å². The highest BCUT2D eigenvalue weighted by Gasteiger charge is 2.13. The Balaban J connectivity index is 2.84. The molecule has 0 spiro atoms. The summed E-state index contributed by atoms with van der Waals surface area (Å²) in [5, 5.41) is 0. The first-order chi connectivity index (χ1) is 6.69. The van der Waals surface area contributed by atoms with Gasteiger partial charge in [0, 0.05) is 6.04 Å². The van der Waals surface area contributed by atoms with Crippen LogP contribution in [0.5, 0.6) is 5.75 Å². The van der Waals surface area contributed by atoms with E-state index in [-0.39, 0.29) is 6.04 Å². The summed E-state index contributed by atoms with van der Waals surface area (Å²) in [4.78, 5) is 0. The average molecular weight is 193 g/mol. The topological polar surface area (TPSA) is 35.2 Å². The molecule has 0 bridgehead atoms. The molecule has 0 saturated carbocycles. The smallest absolute Gasteiger partial charge is 0.118 e. The zero-order valence-corrected chi connectivity index (χ0v) is 9.16. The molecule has 0 saturated heterocycles. The maximum absolute atomic E-state index is 5.92. The molecular weight excluding hydrogens is 174 g/mol. The lowest BCUT2D eigenvalue weighted by atomic mass is 9.91. The van der Waals surface area contributed by atoms with Gasteiger partial charge in [-0.1, -0.05) is 19.1 Å². The van der Waals surface area contributed by atoms with Gasteiger partial charge in [0.25, 0.3) is 0 Å². The highest BCUT2D eigenvalue weighted by atomic mass is 16.5. The third-order valence-corrected chi connectivity index (χ3v) is 2.62. The number of ether oxygens (including phenoxy) is 1. The van der Waals surface area contributed by atoms with Gasteiger partial charge in [-0.05, 0) is 37.0 Å². The minimum Gasteiger partial charge on any atom is -0.497 e. The summed E-state index contributed by atoms with van der Waals surface area (Å²) in [7, 11) is 1.68. The second-order valence-electron chi connectivity index (χ2n) is 3.65. The standard InChI is InChI=1S/C12H19NO/c1-4-12(9(2)13)10-5-7-11(14-3)8-6-10/h5-9,12H,4,13H2,1-3H3. The van der Waals surface area contributed by atoms with E-state index in [1.807, 2.05) is 12.1 Å². The number of hydrogen-bond acceptors (Lipinski definition) is 2. The van der Waals surface area contributed by atoms with Crippen molar-refractivity contribution in [2.45, 2.75) is 32.2 Å². The van der Waals surface area contributed by atoms with Crippen molar-refractivity contribution in [2.24, 2.45) is 5.73 Å². The minimum atomic E-state index is 0.202. The zero-order valence-electron chi connectivity index (χ0n) is 9.16. The van der Waals surface area contributed by atoms with Gasteiger partial charge >= 0.3 is 0 Å². The first-order valence-corrected chi connectivity index (χ1v) is 5.08. The number of nitrogens with two attached hydrogens (primary N) is 1. The minimum absolute atomic E-state index is 0.202. The Bertz CT molecular complexity index is 266. The van der Waals surface area contributed by atoms with Crippen LogP contribution in [0.4, 0.5) is 0 Å². The zero-order chi connectivity index (χ0) is 10.6. The summed E-state index contributed by atoms with van der Waals surface area (Å²) in [6.45, 7) is 4.22. The van der Waals surface area contributed by atoms with E-state index in [0.717, 1.165) is 12.2 Å². The molecule has 0 fully saturated rings. The Morgan fingerprint density at radius 1 is 1.29 bits per heavy atom. The molecule has 0 aliphatic heterocycles. The van der Waals surface area contributed by atoms with Crippen LogP contribution in [0.2, 0.25) is 0 Å². The van der Waals surface area contributed by atoms with E-state index in [1.165, 1.54) is 5.56 Å². The lowest BCUT2D eigenvalue weighted by Gasteiger charge is -2.19. The molecule has 0 aliphatic rings. The van der Waals surface area contributed by atoms with Crippen LogP contribution in [0.25, 0.3) is 0 Å². The molecule has 0 aliphatic carbocycles. The quantitative estimate of drug-likeness (QED) is 0.797. The molecule has 0 heterocycles. The highest BCUT2D eigenvalue weighted by molar-refractivity contribution is 5.29. The molecule has 2 heteroatoms. The fourth-order valence-corrected chi connectivity index (χ4v) is 1.76. The molecule has 2 atom stereocenters. The Morgan fingerprint density at radius 2 is 1.86 bits per heavy atom. The van der Waals surface area contributed by atoms with E-state index in [0.29, 0.717) is 5.92 Å². The highest BCUT2D eigenvalue weighted by Crippen LogP contribution is 2.24. The Hall–Kier alpha value is -1.02. The van der Waals surface area contributed by atoms with Gasteiger partial charge in [-0.2, -0.15) is 0 Å². The molecule has 1 rings (SSSR count). The van der Waals surface area contributed by atoms with E-state index < -0.39 is 0 Å². The van der Waals surface area contributed by atoms with Crippen LogP contribution in [0.3, 0.4) is 0 Å². The Morgan fingerprint density at radius 3 is 2.21 bits per heavy atom. The predicted octanol–water partition coefficient (Wildman–Crippen LogP) is 2.54. The van der Waals surface area contributed by atoms with E-state index >= 15 is 0 Å². The third kappa shape index (κ3) is 2.48. The first kappa shape index (κ1) is 11.1. The molecule has 2 nitrogen and oxygen atoms in total. The molecule has 0 aromatic heterocycles. The normalized spacial score (nSPS) is 14.9. The molecule has 0 amide bonds. The molecule has 2 N–H and O–H groups in total. The summed E-state index contributed by atoms with van der Waals surface area (Å²) in [6, 6.07) is 8.36. The van der Waals surface area contributed by atoms with Crippen molar-refractivity contribution < 1.29 is 4.74 Å². The maximum atomic E-state index is 5.92. The van der Waals surface area contributed by atoms with Gasteiger partial charge in [0.15, 0.2) is 0 Å². The number of benzene rings is 1. The van der Waals surface area contributed by atoms with Crippen LogP contribution in [0, 0.1) is 0 Å². The van der Waals surface area contributed by atoms with Crippen molar-refractivity contribution in [3.63, 3.8) is 0 Å². The van der Waals surface area contributed by atoms with Gasteiger partial charge in [0.05, 0.1) is 7.11 Å². The van der Waals surface area contributed by atoms with Crippen molar-refractivity contribution in [2.75, 3.05) is 7.11 Å². The first-order valence-electron chi connectivity index (χ1n) is 5.08. The van der Waals surface area contributed by atoms with Crippen molar-refractivity contribution in [3.8, 4) is 5.75 Å². The van der Waals surface area contributed by atoms with Gasteiger partial charge in [-0.25, -0.2) is 0 Å². The van der Waals surface area contributed by atoms with Crippen molar-refractivity contribution in [1.29, 1.82) is 0 Å². The van der Waals surface area contributed by atoms with Crippen molar-refractivity contribution in [3.05, 3.63) is 29.8 Å². The fourth-order valence-electron chi connectivity index (χ4n) is 1.76. The third-order valence-electron chi connectivity index (χ3n) is 2.62. The van der Waals surface area contributed by atoms with Crippen LogP contribution < -0.4 is 10.5 Å². The van der Waals surface area contributed by atoms with Gasteiger partial charge < -0.3 is 10.5 Å². The van der Waals surface area contributed by atoms with E-state index in [1.54, 1.807) is 7.11 Å². The largest absolute Gasteiger partial charge is 0.497 e. The molecule has 1 aromatic carbocycles. The molecule has 0 radical (unpaired) electrons. The summed E-state index contributed by atoms with van der Waals surface area (Å²) >= 11 is 0. The second-order valence-corrected chi connectivity index (χ2v) is 3.65. The number of methoxy groups -OCH3 is 1. The fraction of sp³-hybridized carbons (Fsp3) is 0.500. The van der Waals surface area contributed by atoms with Crippen molar-refractivity contribution >= 4 is 0 Å². The summed E-state index contributed by atoms with van der Waals surface area (Å²) < 4.78 is 5.11. The molecule has 14 heavy (non-hydrogen) atoms. The van der Waals surface area contributed by atoms with Gasteiger partial charge in [-0.3, -0.25) is 0 Å². The monoisotopic (exact) mass is 193 g/mol. The van der Waals surface area contributed by atoms with E-state index in [2.05, 4.69) is 26.0 Å². The summed E-state index contributed by atoms with van der Waals surface area (Å²) in [6.07, 6.45) is 1.07. The molecule has 2 unspecified atom stereocenters. The van der Waals surface area contributed by atoms with E-state index in [4.69, 9.17) is 10.5 Å². The summed E-state index contributed by atoms with van der Waals surface area (Å²) in [5.41, 5.74) is 7.21. The van der Waals surface area contributed by atoms with Crippen LogP contribution in [-0.2, 0) is 0 Å². The predicted molar refractivity (Wildman–Crippen MR) is 59.7 cm³/mol. The lowest BCUT2D eigenvalue weighted by molar-refractivity contribution is 0.414. The maximum Gasteiger partial charge on any atom is 0.118 e.